The van der Waals surface area contributed by atoms with Gasteiger partial charge < -0.3 is 28.7 Å². The number of aliphatic hydroxyl groups is 1. The summed E-state index contributed by atoms with van der Waals surface area (Å²) < 4.78 is 21.8. The molecule has 0 saturated carbocycles. The average Bonchev–Trinajstić information content (AvgIpc) is 3.00. The first kappa shape index (κ1) is 29.4. The topological polar surface area (TPSA) is 200 Å². The van der Waals surface area contributed by atoms with Crippen LogP contribution in [0.3, 0.4) is 0 Å². The minimum Gasteiger partial charge on any atom is -0.790 e. The number of benzene rings is 1. The minimum absolute atomic E-state index is 0. The van der Waals surface area contributed by atoms with Gasteiger partial charge in [0.05, 0.1) is 25.5 Å². The number of aromatic amines is 1. The summed E-state index contributed by atoms with van der Waals surface area (Å²) in [6, 6.07) is 4.91. The molecule has 13 nitrogen and oxygen atoms in total. The van der Waals surface area contributed by atoms with Gasteiger partial charge >= 0.3 is 64.8 Å². The number of phosphoric acid groups is 1. The fraction of sp³-hybridized carbons (Fsp3) is 0.375. The Labute approximate surface area is 224 Å². The van der Waals surface area contributed by atoms with E-state index in [1.165, 1.54) is 25.3 Å². The number of phosphoric ester groups is 1. The smallest absolute Gasteiger partial charge is 0.790 e. The van der Waals surface area contributed by atoms with Gasteiger partial charge in [-0.3, -0.25) is 24.5 Å². The third-order valence-electron chi connectivity index (χ3n) is 4.70. The van der Waals surface area contributed by atoms with Crippen molar-refractivity contribution in [3.05, 3.63) is 72.5 Å². The molecule has 0 aliphatic carbocycles. The zero-order chi connectivity index (χ0) is 22.3. The Balaban J connectivity index is 0.00000256. The Hall–Kier alpha value is -0.670. The molecule has 1 aromatic heterocycles. The van der Waals surface area contributed by atoms with E-state index in [0.717, 1.165) is 16.7 Å². The molecule has 2 heterocycles. The number of H-pyrrole nitrogens is 1. The second-order valence-corrected chi connectivity index (χ2v) is 7.85. The molecule has 3 atom stereocenters. The average molecular weight is 487 g/mol. The number of nitrogens with zero attached hydrogens (tertiary/aromatic N) is 2. The second kappa shape index (κ2) is 11.2. The third-order valence-corrected chi connectivity index (χ3v) is 5.16. The fourth-order valence-corrected chi connectivity index (χ4v) is 3.59. The van der Waals surface area contributed by atoms with E-state index in [1.807, 2.05) is 0 Å². The van der Waals surface area contributed by atoms with Gasteiger partial charge in [0, 0.05) is 35.9 Å². The molecule has 1 aliphatic rings. The maximum Gasteiger partial charge on any atom is 1.00 e. The van der Waals surface area contributed by atoms with Gasteiger partial charge in [-0.05, 0) is 19.1 Å². The molecule has 1 aliphatic heterocycles. The molecule has 0 bridgehead atoms. The van der Waals surface area contributed by atoms with Crippen LogP contribution in [0.25, 0.3) is 0 Å². The monoisotopic (exact) mass is 487 g/mol. The van der Waals surface area contributed by atoms with Crippen LogP contribution in [-0.4, -0.2) is 38.4 Å². The van der Waals surface area contributed by atoms with Crippen molar-refractivity contribution in [2.24, 2.45) is 0 Å². The zero-order valence-corrected chi connectivity index (χ0v) is 22.3. The van der Waals surface area contributed by atoms with Gasteiger partial charge in [-0.15, -0.1) is 0 Å². The van der Waals surface area contributed by atoms with Crippen LogP contribution in [0.1, 0.15) is 17.5 Å². The summed E-state index contributed by atoms with van der Waals surface area (Å²) in [6.45, 7) is 0.618. The largest absolute Gasteiger partial charge is 1.00 e. The summed E-state index contributed by atoms with van der Waals surface area (Å²) in [5, 5.41) is 21.3. The second-order valence-electron chi connectivity index (χ2n) is 6.70. The number of aromatic nitrogens is 2. The summed E-state index contributed by atoms with van der Waals surface area (Å²) in [4.78, 5) is 58.3. The summed E-state index contributed by atoms with van der Waals surface area (Å²) in [5.74, 6) is 0. The number of aliphatic hydroxyl groups excluding tert-OH is 1. The molecule has 0 spiro atoms. The van der Waals surface area contributed by atoms with E-state index in [2.05, 4.69) is 9.51 Å². The van der Waals surface area contributed by atoms with Crippen LogP contribution in [0.2, 0.25) is 0 Å². The van der Waals surface area contributed by atoms with Crippen molar-refractivity contribution in [1.29, 1.82) is 0 Å². The number of hydrogen-bond donors (Lipinski definition) is 2. The van der Waals surface area contributed by atoms with E-state index in [-0.39, 0.29) is 82.3 Å². The van der Waals surface area contributed by atoms with Crippen molar-refractivity contribution in [1.82, 2.24) is 9.55 Å². The standard InChI is InChI=1S/C16H18N3O10P.2Na/c1-9-7-18(15(22)17-14(9)21)16(10-2-4-11(5-3-10)19(23)24)6-12(20)13(29-16)8-28-30(25,26)27;;/h2-5,7,12-13,20H,6,8H2,1H3,(H,17,21,22)(H2,25,26,27);;/q;2*+1/p-2/t12-,13+,16-;;/m0../s1. The van der Waals surface area contributed by atoms with Crippen LogP contribution in [0.5, 0.6) is 0 Å². The van der Waals surface area contributed by atoms with E-state index in [0.29, 0.717) is 0 Å². The van der Waals surface area contributed by atoms with Crippen LogP contribution in [0.4, 0.5) is 5.69 Å². The number of ether oxygens (including phenoxy) is 1. The van der Waals surface area contributed by atoms with Gasteiger partial charge in [-0.2, -0.15) is 0 Å². The van der Waals surface area contributed by atoms with Gasteiger partial charge in [-0.1, -0.05) is 0 Å². The first-order chi connectivity index (χ1) is 13.9. The van der Waals surface area contributed by atoms with Crippen molar-refractivity contribution >= 4 is 13.5 Å². The van der Waals surface area contributed by atoms with Crippen molar-refractivity contribution in [2.45, 2.75) is 31.3 Å². The van der Waals surface area contributed by atoms with Gasteiger partial charge in [0.1, 0.15) is 6.10 Å². The van der Waals surface area contributed by atoms with Gasteiger partial charge in [0.2, 0.25) is 0 Å². The molecular formula is C16H16N3Na2O10P. The van der Waals surface area contributed by atoms with Crippen LogP contribution < -0.4 is 80.2 Å². The molecule has 2 N–H and O–H groups in total. The summed E-state index contributed by atoms with van der Waals surface area (Å²) in [7, 11) is -5.35. The quantitative estimate of drug-likeness (QED) is 0.171. The maximum atomic E-state index is 12.5. The van der Waals surface area contributed by atoms with Gasteiger partial charge in [0.25, 0.3) is 11.2 Å². The van der Waals surface area contributed by atoms with Crippen LogP contribution in [0, 0.1) is 17.0 Å². The molecule has 1 aromatic carbocycles. The molecule has 0 amide bonds. The Bertz CT molecular complexity index is 1130. The molecule has 1 saturated heterocycles. The van der Waals surface area contributed by atoms with E-state index < -0.39 is 48.5 Å². The molecule has 2 aromatic rings. The van der Waals surface area contributed by atoms with E-state index >= 15 is 0 Å². The predicted octanol–water partition coefficient (Wildman–Crippen LogP) is -7.54. The molecule has 3 rings (SSSR count). The number of non-ortho nitro benzene ring substituents is 1. The number of aryl methyl sites for hydroxylation is 1. The molecule has 32 heavy (non-hydrogen) atoms. The van der Waals surface area contributed by atoms with E-state index in [1.54, 1.807) is 0 Å². The molecule has 0 unspecified atom stereocenters. The number of rotatable bonds is 6. The first-order valence-corrected chi connectivity index (χ1v) is 9.99. The van der Waals surface area contributed by atoms with Crippen molar-refractivity contribution in [3.63, 3.8) is 0 Å². The Morgan fingerprint density at radius 2 is 1.91 bits per heavy atom. The van der Waals surface area contributed by atoms with Crippen LogP contribution in [-0.2, 0) is 19.6 Å². The van der Waals surface area contributed by atoms with E-state index in [4.69, 9.17) is 4.74 Å². The number of hydrogen-bond acceptors (Lipinski definition) is 10. The molecule has 1 fully saturated rings. The van der Waals surface area contributed by atoms with E-state index in [9.17, 15) is 39.2 Å². The van der Waals surface area contributed by atoms with Crippen molar-refractivity contribution in [3.8, 4) is 0 Å². The molecule has 0 radical (unpaired) electrons. The van der Waals surface area contributed by atoms with Gasteiger partial charge in [0.15, 0.2) is 5.72 Å². The Kier molecular flexibility index (Phi) is 10.2. The summed E-state index contributed by atoms with van der Waals surface area (Å²) >= 11 is 0. The first-order valence-electron chi connectivity index (χ1n) is 8.53. The zero-order valence-electron chi connectivity index (χ0n) is 17.4. The SMILES string of the molecule is Cc1cn([C@@]2(c3ccc([N+](=O)[O-])cc3)C[C@H](O)[C@@H](COP(=O)([O-])[O-])O2)c(=O)[nH]c1=O.[Na+].[Na+]. The third kappa shape index (κ3) is 6.26. The summed E-state index contributed by atoms with van der Waals surface area (Å²) in [5.41, 5.74) is -3.20. The normalized spacial score (nSPS) is 22.6. The van der Waals surface area contributed by atoms with Crippen molar-refractivity contribution in [2.75, 3.05) is 6.61 Å². The van der Waals surface area contributed by atoms with Crippen molar-refractivity contribution < 1.29 is 92.8 Å². The van der Waals surface area contributed by atoms with Crippen LogP contribution in [0.15, 0.2) is 40.1 Å². The number of nitrogens with one attached hydrogen (secondary N) is 1. The molecule has 16 heteroatoms. The van der Waals surface area contributed by atoms with Gasteiger partial charge in [-0.25, -0.2) is 4.79 Å². The maximum absolute atomic E-state index is 12.5. The molecule has 162 valence electrons. The molecular weight excluding hydrogens is 471 g/mol. The number of nitro groups is 1. The van der Waals surface area contributed by atoms with Crippen LogP contribution >= 0.6 is 7.82 Å². The summed E-state index contributed by atoms with van der Waals surface area (Å²) in [6.07, 6.45) is -1.81. The Morgan fingerprint density at radius 3 is 2.44 bits per heavy atom. The fourth-order valence-electron chi connectivity index (χ4n) is 3.26. The Morgan fingerprint density at radius 1 is 1.31 bits per heavy atom. The minimum atomic E-state index is -5.35. The number of nitro benzene ring substituents is 1. The predicted molar refractivity (Wildman–Crippen MR) is 95.3 cm³/mol.